The van der Waals surface area contributed by atoms with Crippen LogP contribution in [0.4, 0.5) is 8.78 Å². The lowest BCUT2D eigenvalue weighted by Crippen LogP contribution is -2.38. The van der Waals surface area contributed by atoms with Gasteiger partial charge in [0, 0.05) is 24.4 Å². The van der Waals surface area contributed by atoms with Crippen molar-refractivity contribution < 1.29 is 8.78 Å². The molecule has 0 aromatic carbocycles. The lowest BCUT2D eigenvalue weighted by atomic mass is 10.4. The van der Waals surface area contributed by atoms with E-state index in [1.807, 2.05) is 20.8 Å². The van der Waals surface area contributed by atoms with Gasteiger partial charge in [-0.1, -0.05) is 0 Å². The summed E-state index contributed by atoms with van der Waals surface area (Å²) >= 11 is 1.67. The Morgan fingerprint density at radius 2 is 2.11 bits per heavy atom. The van der Waals surface area contributed by atoms with Crippen molar-refractivity contribution in [3.8, 4) is 0 Å². The van der Waals surface area contributed by atoms with Gasteiger partial charge in [0.2, 0.25) is 0 Å². The lowest BCUT2D eigenvalue weighted by molar-refractivity contribution is 0.158. The molecule has 0 saturated carbocycles. The summed E-state index contributed by atoms with van der Waals surface area (Å²) in [5.41, 5.74) is 1.05. The van der Waals surface area contributed by atoms with Gasteiger partial charge in [0.1, 0.15) is 6.54 Å². The van der Waals surface area contributed by atoms with Crippen molar-refractivity contribution >= 4 is 17.3 Å². The zero-order chi connectivity index (χ0) is 14.3. The molecule has 1 rings (SSSR count). The van der Waals surface area contributed by atoms with Crippen LogP contribution >= 0.6 is 11.3 Å². The molecule has 1 heterocycles. The maximum atomic E-state index is 12.1. The minimum atomic E-state index is -2.42. The average Bonchev–Trinajstić information content (AvgIpc) is 2.65. The molecule has 19 heavy (non-hydrogen) atoms. The monoisotopic (exact) mass is 290 g/mol. The zero-order valence-electron chi connectivity index (χ0n) is 11.5. The molecule has 2 N–H and O–H groups in total. The van der Waals surface area contributed by atoms with Crippen molar-refractivity contribution in [1.82, 2.24) is 15.6 Å². The number of hydrogen-bond donors (Lipinski definition) is 2. The van der Waals surface area contributed by atoms with Gasteiger partial charge in [-0.05, 0) is 20.8 Å². The fourth-order valence-electron chi connectivity index (χ4n) is 1.44. The van der Waals surface area contributed by atoms with Gasteiger partial charge < -0.3 is 10.6 Å². The van der Waals surface area contributed by atoms with Crippen LogP contribution < -0.4 is 10.6 Å². The van der Waals surface area contributed by atoms with Crippen LogP contribution in [0.15, 0.2) is 4.99 Å². The van der Waals surface area contributed by atoms with Crippen molar-refractivity contribution in [2.24, 2.45) is 4.99 Å². The molecule has 1 aromatic rings. The highest BCUT2D eigenvalue weighted by Crippen LogP contribution is 2.16. The normalized spacial score (nSPS) is 12.0. The van der Waals surface area contributed by atoms with Gasteiger partial charge in [-0.25, -0.2) is 18.8 Å². The van der Waals surface area contributed by atoms with Crippen LogP contribution in [0.3, 0.4) is 0 Å². The fraction of sp³-hybridized carbons (Fsp3) is 0.667. The van der Waals surface area contributed by atoms with Crippen molar-refractivity contribution in [3.63, 3.8) is 0 Å². The Bertz CT molecular complexity index is 398. The van der Waals surface area contributed by atoms with Crippen LogP contribution in [0, 0.1) is 13.8 Å². The molecule has 0 aliphatic carbocycles. The molecule has 1 aromatic heterocycles. The summed E-state index contributed by atoms with van der Waals surface area (Å²) in [7, 11) is 0. The molecule has 0 fully saturated rings. The predicted molar refractivity (Wildman–Crippen MR) is 75.3 cm³/mol. The van der Waals surface area contributed by atoms with Crippen LogP contribution in [0.2, 0.25) is 0 Å². The van der Waals surface area contributed by atoms with E-state index >= 15 is 0 Å². The first-order valence-electron chi connectivity index (χ1n) is 6.26. The third-order valence-corrected chi connectivity index (χ3v) is 3.57. The van der Waals surface area contributed by atoms with Gasteiger partial charge in [-0.15, -0.1) is 11.3 Å². The Kier molecular flexibility index (Phi) is 6.69. The maximum Gasteiger partial charge on any atom is 0.257 e. The van der Waals surface area contributed by atoms with Crippen molar-refractivity contribution in [2.45, 2.75) is 33.6 Å². The first kappa shape index (κ1) is 15.8. The van der Waals surface area contributed by atoms with Crippen LogP contribution in [0.1, 0.15) is 22.5 Å². The number of thiazole rings is 1. The number of hydrogen-bond acceptors (Lipinski definition) is 3. The first-order chi connectivity index (χ1) is 9.02. The molecule has 7 heteroatoms. The smallest absolute Gasteiger partial charge is 0.257 e. The van der Waals surface area contributed by atoms with Crippen LogP contribution in [-0.4, -0.2) is 37.0 Å². The van der Waals surface area contributed by atoms with Crippen LogP contribution in [-0.2, 0) is 6.42 Å². The summed E-state index contributed by atoms with van der Waals surface area (Å²) in [6.07, 6.45) is -1.65. The number of alkyl halides is 2. The Morgan fingerprint density at radius 1 is 1.37 bits per heavy atom. The number of aliphatic imine (C=N–C) groups is 1. The van der Waals surface area contributed by atoms with Crippen molar-refractivity contribution in [2.75, 3.05) is 19.6 Å². The van der Waals surface area contributed by atoms with E-state index in [9.17, 15) is 8.78 Å². The molecule has 108 valence electrons. The van der Waals surface area contributed by atoms with Gasteiger partial charge in [-0.2, -0.15) is 0 Å². The van der Waals surface area contributed by atoms with Crippen molar-refractivity contribution in [1.29, 1.82) is 0 Å². The van der Waals surface area contributed by atoms with E-state index in [4.69, 9.17) is 0 Å². The van der Waals surface area contributed by atoms with Gasteiger partial charge in [0.25, 0.3) is 6.43 Å². The third kappa shape index (κ3) is 5.96. The number of rotatable bonds is 6. The number of guanidine groups is 1. The quantitative estimate of drug-likeness (QED) is 0.623. The minimum absolute atomic E-state index is 0.424. The molecule has 0 atom stereocenters. The lowest BCUT2D eigenvalue weighted by Gasteiger charge is -2.10. The molecule has 0 radical (unpaired) electrons. The molecule has 0 saturated heterocycles. The van der Waals surface area contributed by atoms with Gasteiger partial charge >= 0.3 is 0 Å². The summed E-state index contributed by atoms with van der Waals surface area (Å²) in [5, 5.41) is 7.00. The molecular weight excluding hydrogens is 270 g/mol. The molecule has 0 aliphatic heterocycles. The standard InChI is InChI=1S/C12H20F2N4S/c1-4-15-12(17-7-10(13)14)16-6-5-11-18-8(2)9(3)19-11/h10H,4-7H2,1-3H3,(H2,15,16,17). The van der Waals surface area contributed by atoms with Gasteiger partial charge in [-0.3, -0.25) is 0 Å². The Hall–Kier alpha value is -1.24. The molecule has 0 amide bonds. The molecular formula is C12H20F2N4S. The minimum Gasteiger partial charge on any atom is -0.357 e. The van der Waals surface area contributed by atoms with E-state index in [2.05, 4.69) is 20.6 Å². The summed E-state index contributed by atoms with van der Waals surface area (Å²) < 4.78 is 24.2. The summed E-state index contributed by atoms with van der Waals surface area (Å²) in [6.45, 7) is 6.71. The molecule has 0 unspecified atom stereocenters. The second kappa shape index (κ2) is 8.04. The summed E-state index contributed by atoms with van der Waals surface area (Å²) in [4.78, 5) is 9.44. The molecule has 4 nitrogen and oxygen atoms in total. The van der Waals surface area contributed by atoms with E-state index in [0.717, 1.165) is 17.1 Å². The Balaban J connectivity index is 2.41. The SMILES string of the molecule is CCNC(=NCC(F)F)NCCc1nc(C)c(C)s1. The third-order valence-electron chi connectivity index (χ3n) is 2.44. The number of halogens is 2. The van der Waals surface area contributed by atoms with Crippen LogP contribution in [0.5, 0.6) is 0 Å². The van der Waals surface area contributed by atoms with E-state index in [1.165, 1.54) is 4.88 Å². The second-order valence-electron chi connectivity index (χ2n) is 4.04. The number of nitrogens with one attached hydrogen (secondary N) is 2. The highest BCUT2D eigenvalue weighted by Gasteiger charge is 2.05. The highest BCUT2D eigenvalue weighted by atomic mass is 32.1. The number of aryl methyl sites for hydroxylation is 2. The highest BCUT2D eigenvalue weighted by molar-refractivity contribution is 7.11. The van der Waals surface area contributed by atoms with E-state index in [-0.39, 0.29) is 0 Å². The molecule has 0 aliphatic rings. The average molecular weight is 290 g/mol. The molecule has 0 spiro atoms. The predicted octanol–water partition coefficient (Wildman–Crippen LogP) is 2.12. The fourth-order valence-corrected chi connectivity index (χ4v) is 2.37. The van der Waals surface area contributed by atoms with Crippen molar-refractivity contribution in [3.05, 3.63) is 15.6 Å². The number of nitrogens with zero attached hydrogens (tertiary/aromatic N) is 2. The van der Waals surface area contributed by atoms with Gasteiger partial charge in [0.05, 0.1) is 10.7 Å². The summed E-state index contributed by atoms with van der Waals surface area (Å²) in [5.74, 6) is 0.424. The topological polar surface area (TPSA) is 49.3 Å². The zero-order valence-corrected chi connectivity index (χ0v) is 12.3. The Morgan fingerprint density at radius 3 is 2.63 bits per heavy atom. The number of aromatic nitrogens is 1. The van der Waals surface area contributed by atoms with Crippen LogP contribution in [0.25, 0.3) is 0 Å². The largest absolute Gasteiger partial charge is 0.357 e. The van der Waals surface area contributed by atoms with E-state index in [0.29, 0.717) is 19.0 Å². The van der Waals surface area contributed by atoms with E-state index < -0.39 is 13.0 Å². The summed E-state index contributed by atoms with van der Waals surface area (Å²) in [6, 6.07) is 0. The second-order valence-corrected chi connectivity index (χ2v) is 5.32. The molecule has 0 bridgehead atoms. The van der Waals surface area contributed by atoms with E-state index in [1.54, 1.807) is 11.3 Å². The first-order valence-corrected chi connectivity index (χ1v) is 7.07. The maximum absolute atomic E-state index is 12.1. The Labute approximate surface area is 116 Å². The van der Waals surface area contributed by atoms with Gasteiger partial charge in [0.15, 0.2) is 5.96 Å².